The monoisotopic (exact) mass is 1630 g/mol. The van der Waals surface area contributed by atoms with E-state index in [4.69, 9.17) is 72.9 Å². The number of aryl methyl sites for hydroxylation is 12. The third kappa shape index (κ3) is 31.8. The van der Waals surface area contributed by atoms with Crippen molar-refractivity contribution in [2.24, 2.45) is 0 Å². The van der Waals surface area contributed by atoms with Crippen molar-refractivity contribution in [2.45, 2.75) is 83.1 Å². The molecule has 575 valence electrons. The fourth-order valence-corrected chi connectivity index (χ4v) is 14.0. The van der Waals surface area contributed by atoms with Crippen molar-refractivity contribution in [2.75, 3.05) is 0 Å². The molecule has 1 N–H and O–H groups in total. The minimum absolute atomic E-state index is 0. The number of benzene rings is 12. The van der Waals surface area contributed by atoms with Gasteiger partial charge in [0.05, 0.1) is 14.9 Å². The summed E-state index contributed by atoms with van der Waals surface area (Å²) in [5, 5.41) is 0. The van der Waals surface area contributed by atoms with Gasteiger partial charge in [0, 0.05) is 0 Å². The molecule has 0 bridgehead atoms. The van der Waals surface area contributed by atoms with E-state index in [2.05, 4.69) is 0 Å². The van der Waals surface area contributed by atoms with E-state index in [1.165, 1.54) is 0 Å². The third-order valence-electron chi connectivity index (χ3n) is 14.9. The standard InChI is InChI=1S/4C21H21O4P.ClHO4.Co/c4*1-16-4-10-19(11-5-16)23-26(22,24-20-12-6-17(2)7-13-20)25-21-14-8-18(3)9-15-21;2-1(3,4)5;/h4*4-15H,1-3H3;(H,2,3,4,5);/q;;;;;+2. The van der Waals surface area contributed by atoms with Crippen LogP contribution in [0, 0.1) is 93.3 Å². The van der Waals surface area contributed by atoms with Gasteiger partial charge in [-0.15, -0.1) is 0 Å². The van der Waals surface area contributed by atoms with Gasteiger partial charge in [-0.05, 0) is 229 Å². The molecule has 26 heteroatoms. The normalized spacial score (nSPS) is 11.0. The van der Waals surface area contributed by atoms with E-state index >= 15 is 0 Å². The van der Waals surface area contributed by atoms with Crippen molar-refractivity contribution in [3.05, 3.63) is 358 Å². The molecule has 0 aliphatic carbocycles. The van der Waals surface area contributed by atoms with Gasteiger partial charge in [-0.2, -0.15) is 32.2 Å². The summed E-state index contributed by atoms with van der Waals surface area (Å²) >= 11 is 0. The van der Waals surface area contributed by atoms with Crippen LogP contribution >= 0.6 is 31.3 Å². The maximum absolute atomic E-state index is 13.3. The molecule has 12 aromatic carbocycles. The number of hydrogen-bond donors (Lipinski definition) is 1. The second-order valence-electron chi connectivity index (χ2n) is 25.0. The van der Waals surface area contributed by atoms with Crippen LogP contribution < -0.4 is 68.3 Å². The molecule has 12 rings (SSSR count). The maximum Gasteiger partial charge on any atom is 2.00 e. The zero-order valence-electron chi connectivity index (χ0n) is 62.4. The van der Waals surface area contributed by atoms with Crippen LogP contribution in [0.4, 0.5) is 0 Å². The summed E-state index contributed by atoms with van der Waals surface area (Å²) in [4.78, 5) is 0. The molecule has 12 aromatic rings. The van der Waals surface area contributed by atoms with Crippen LogP contribution in [0.5, 0.6) is 69.0 Å². The summed E-state index contributed by atoms with van der Waals surface area (Å²) < 4.78 is 154. The topological polar surface area (TPSA) is 268 Å². The number of rotatable bonds is 24. The average Bonchev–Trinajstić information content (AvgIpc) is 0.841. The summed E-state index contributed by atoms with van der Waals surface area (Å²) in [5.41, 5.74) is 12.9. The maximum atomic E-state index is 13.3. The fourth-order valence-electron chi connectivity index (χ4n) is 8.96. The Morgan fingerprint density at radius 1 is 0.182 bits per heavy atom. The molecule has 0 saturated carbocycles. The van der Waals surface area contributed by atoms with Gasteiger partial charge in [-0.1, -0.05) is 212 Å². The van der Waals surface area contributed by atoms with Gasteiger partial charge in [0.25, 0.3) is 0 Å². The Bertz CT molecular complexity index is 3870. The van der Waals surface area contributed by atoms with E-state index in [-0.39, 0.29) is 16.8 Å². The van der Waals surface area contributed by atoms with Crippen LogP contribution in [0.15, 0.2) is 291 Å². The summed E-state index contributed by atoms with van der Waals surface area (Å²) in [7, 11) is -20.4. The van der Waals surface area contributed by atoms with E-state index in [1.54, 1.807) is 146 Å². The van der Waals surface area contributed by atoms with Gasteiger partial charge in [0.2, 0.25) is 0 Å². The van der Waals surface area contributed by atoms with Crippen molar-refractivity contribution < 1.29 is 118 Å². The molecule has 0 spiro atoms. The molecule has 110 heavy (non-hydrogen) atoms. The van der Waals surface area contributed by atoms with Gasteiger partial charge in [0.1, 0.15) is 69.0 Å². The predicted octanol–water partition coefficient (Wildman–Crippen LogP) is 20.9. The third-order valence-corrected chi connectivity index (χ3v) is 20.1. The van der Waals surface area contributed by atoms with E-state index in [9.17, 15) is 18.3 Å². The first-order valence-electron chi connectivity index (χ1n) is 33.9. The van der Waals surface area contributed by atoms with Crippen molar-refractivity contribution in [1.29, 1.82) is 0 Å². The van der Waals surface area contributed by atoms with Gasteiger partial charge in [0.15, 0.2) is 0 Å². The number of hydrogen-bond acceptors (Lipinski definition) is 20. The zero-order valence-corrected chi connectivity index (χ0v) is 67.8. The minimum Gasteiger partial charge on any atom is -0.386 e. The summed E-state index contributed by atoms with van der Waals surface area (Å²) in [6.45, 7) is 23.6. The predicted molar refractivity (Wildman–Crippen MR) is 414 cm³/mol. The Kier molecular flexibility index (Phi) is 32.4. The van der Waals surface area contributed by atoms with Crippen molar-refractivity contribution in [3.8, 4) is 69.0 Å². The Hall–Kier alpha value is -10.2. The minimum atomic E-state index is -4.69. The molecule has 1 radical (unpaired) electrons. The van der Waals surface area contributed by atoms with E-state index in [1.807, 2.05) is 229 Å². The van der Waals surface area contributed by atoms with Crippen LogP contribution in [0.25, 0.3) is 0 Å². The molecule has 0 saturated heterocycles. The molecule has 0 aliphatic rings. The number of phosphoric ester groups is 4. The van der Waals surface area contributed by atoms with Crippen LogP contribution in [-0.4, -0.2) is 4.66 Å². The molecular weight excluding hydrogens is 1550 g/mol. The van der Waals surface area contributed by atoms with E-state index < -0.39 is 41.5 Å². The SMILES string of the molecule is Cc1ccc(OP(=O)(Oc2ccc(C)cc2)Oc2ccc(C)cc2)cc1.Cc1ccc(OP(=O)(Oc2ccc(C)cc2)Oc2ccc(C)cc2)cc1.Cc1ccc(OP(=O)(Oc2ccc(C)cc2)Oc2ccc(C)cc2)cc1.Cc1ccc(OP(=O)(Oc2ccc(C)cc2)Oc2ccc(C)cc2)cc1.[Co+2].[O-][Cl+3]([O-])([O-])O. The molecule has 0 aliphatic heterocycles. The van der Waals surface area contributed by atoms with Crippen LogP contribution in [0.1, 0.15) is 66.8 Å². The fraction of sp³-hybridized carbons (Fsp3) is 0.143. The molecule has 0 fully saturated rings. The Balaban J connectivity index is 0.000000199. The van der Waals surface area contributed by atoms with Crippen LogP contribution in [0.3, 0.4) is 0 Å². The van der Waals surface area contributed by atoms with Crippen LogP contribution in [0.2, 0.25) is 0 Å². The first-order valence-corrected chi connectivity index (χ1v) is 41.0. The molecule has 0 atom stereocenters. The van der Waals surface area contributed by atoms with E-state index in [0.29, 0.717) is 69.0 Å². The van der Waals surface area contributed by atoms with Crippen molar-refractivity contribution in [3.63, 3.8) is 0 Å². The molecule has 0 aromatic heterocycles. The Morgan fingerprint density at radius 3 is 0.291 bits per heavy atom. The van der Waals surface area contributed by atoms with E-state index in [0.717, 1.165) is 66.8 Å². The summed E-state index contributed by atoms with van der Waals surface area (Å²) in [6, 6.07) is 86.6. The second kappa shape index (κ2) is 41.0. The van der Waals surface area contributed by atoms with Gasteiger partial charge in [-0.25, -0.2) is 0 Å². The second-order valence-corrected chi connectivity index (χ2v) is 31.6. The first-order chi connectivity index (χ1) is 51.7. The van der Waals surface area contributed by atoms with Crippen molar-refractivity contribution >= 4 is 31.3 Å². The smallest absolute Gasteiger partial charge is 0.386 e. The Morgan fingerprint density at radius 2 is 0.236 bits per heavy atom. The van der Waals surface area contributed by atoms with Gasteiger partial charge >= 0.3 is 48.1 Å². The summed E-state index contributed by atoms with van der Waals surface area (Å²) in [5.74, 6) is 4.98. The molecular formula is C84H85ClCoO20P4+2. The quantitative estimate of drug-likeness (QED) is 0.0551. The summed E-state index contributed by atoms with van der Waals surface area (Å²) in [6.07, 6.45) is 0. The van der Waals surface area contributed by atoms with Crippen LogP contribution in [-0.2, 0) is 35.0 Å². The van der Waals surface area contributed by atoms with Gasteiger partial charge < -0.3 is 54.3 Å². The largest absolute Gasteiger partial charge is 2.00 e. The zero-order chi connectivity index (χ0) is 78.8. The van der Waals surface area contributed by atoms with Crippen molar-refractivity contribution in [1.82, 2.24) is 0 Å². The molecule has 0 unspecified atom stereocenters. The number of phosphoric acid groups is 4. The van der Waals surface area contributed by atoms with Gasteiger partial charge in [-0.3, -0.25) is 0 Å². The number of halogens is 1. The molecule has 0 amide bonds. The molecule has 20 nitrogen and oxygen atoms in total. The average molecular weight is 1630 g/mol. The Labute approximate surface area is 655 Å². The molecule has 0 heterocycles. The first kappa shape index (κ1) is 87.0.